The van der Waals surface area contributed by atoms with Crippen molar-refractivity contribution in [2.75, 3.05) is 64.4 Å². The number of methoxy groups -OCH3 is 1. The minimum absolute atomic E-state index is 0.205. The molecule has 0 spiro atoms. The fraction of sp³-hybridized carbons (Fsp3) is 0.462. The standard InChI is InChI=1S/C26H31F3N4O3.H4O7P2/c1-36-23-8-2-5-20(15-23)17-33-24(34)18-31(19-25(33)35)10-4-9-30-11-13-32(14-12-30)22-7-3-6-21(16-22)26(27,28)29;1-8(2,3)7-9(4,5)6/h2-3,5-8,15-16H,4,9-14,17-19H2,1H3;(H2,1,2,3)(H2,4,5,6). The Hall–Kier alpha value is -2.85. The second kappa shape index (κ2) is 15.6. The molecule has 14 nitrogen and oxygen atoms in total. The van der Waals surface area contributed by atoms with Crippen LogP contribution in [0.5, 0.6) is 5.75 Å². The van der Waals surface area contributed by atoms with Crippen LogP contribution in [-0.2, 0) is 35.8 Å². The third kappa shape index (κ3) is 12.5. The van der Waals surface area contributed by atoms with Gasteiger partial charge in [0.25, 0.3) is 0 Å². The molecule has 0 saturated carbocycles. The summed E-state index contributed by atoms with van der Waals surface area (Å²) in [6.07, 6.45) is -3.54. The van der Waals surface area contributed by atoms with Crippen LogP contribution >= 0.6 is 15.6 Å². The number of rotatable bonds is 10. The van der Waals surface area contributed by atoms with E-state index in [0.717, 1.165) is 37.7 Å². The van der Waals surface area contributed by atoms with Crippen LogP contribution in [0.1, 0.15) is 17.5 Å². The molecule has 0 atom stereocenters. The van der Waals surface area contributed by atoms with Crippen LogP contribution in [0.3, 0.4) is 0 Å². The van der Waals surface area contributed by atoms with Crippen LogP contribution in [0.25, 0.3) is 0 Å². The van der Waals surface area contributed by atoms with Crippen molar-refractivity contribution in [3.63, 3.8) is 0 Å². The number of carbonyl (C=O) groups is 2. The molecule has 0 bridgehead atoms. The van der Waals surface area contributed by atoms with Crippen molar-refractivity contribution >= 4 is 33.1 Å². The molecule has 2 aromatic rings. The van der Waals surface area contributed by atoms with Gasteiger partial charge in [0, 0.05) is 38.4 Å². The quantitative estimate of drug-likeness (QED) is 0.212. The maximum absolute atomic E-state index is 13.0. The molecule has 2 aliphatic heterocycles. The topological polar surface area (TPSA) is 181 Å². The highest BCUT2D eigenvalue weighted by atomic mass is 31.3. The number of nitrogens with zero attached hydrogens (tertiary/aromatic N) is 4. The van der Waals surface area contributed by atoms with E-state index in [4.69, 9.17) is 24.3 Å². The number of piperazine rings is 2. The molecule has 2 aliphatic rings. The number of halogens is 3. The van der Waals surface area contributed by atoms with Crippen molar-refractivity contribution in [2.45, 2.75) is 19.1 Å². The number of imide groups is 1. The first kappa shape index (κ1) is 36.6. The number of hydrogen-bond donors (Lipinski definition) is 4. The van der Waals surface area contributed by atoms with Gasteiger partial charge in [0.15, 0.2) is 0 Å². The molecule has 4 N–H and O–H groups in total. The van der Waals surface area contributed by atoms with Crippen LogP contribution in [0.15, 0.2) is 48.5 Å². The summed E-state index contributed by atoms with van der Waals surface area (Å²) >= 11 is 0. The molecular formula is C26H35F3N4O10P2. The highest BCUT2D eigenvalue weighted by Gasteiger charge is 2.32. The van der Waals surface area contributed by atoms with Gasteiger partial charge in [0.2, 0.25) is 11.8 Å². The molecule has 19 heteroatoms. The number of alkyl halides is 3. The van der Waals surface area contributed by atoms with Gasteiger partial charge in [-0.25, -0.2) is 9.13 Å². The minimum Gasteiger partial charge on any atom is -0.497 e. The summed E-state index contributed by atoms with van der Waals surface area (Å²) in [4.78, 5) is 63.7. The normalized spacial score (nSPS) is 17.2. The van der Waals surface area contributed by atoms with Crippen molar-refractivity contribution in [1.82, 2.24) is 14.7 Å². The van der Waals surface area contributed by atoms with Gasteiger partial charge in [-0.3, -0.25) is 24.3 Å². The summed E-state index contributed by atoms with van der Waals surface area (Å²) in [5.74, 6) is 0.272. The molecule has 0 aliphatic carbocycles. The average Bonchev–Trinajstić information content (AvgIpc) is 2.93. The molecule has 2 saturated heterocycles. The van der Waals surface area contributed by atoms with Gasteiger partial charge in [0.1, 0.15) is 5.75 Å². The summed E-state index contributed by atoms with van der Waals surface area (Å²) < 4.78 is 66.4. The lowest BCUT2D eigenvalue weighted by Crippen LogP contribution is -2.54. The lowest BCUT2D eigenvalue weighted by Gasteiger charge is -2.37. The molecule has 250 valence electrons. The zero-order valence-corrected chi connectivity index (χ0v) is 26.0. The first-order chi connectivity index (χ1) is 20.9. The van der Waals surface area contributed by atoms with Gasteiger partial charge >= 0.3 is 21.8 Å². The van der Waals surface area contributed by atoms with Gasteiger partial charge in [0.05, 0.1) is 32.3 Å². The van der Waals surface area contributed by atoms with Gasteiger partial charge in [-0.2, -0.15) is 17.5 Å². The van der Waals surface area contributed by atoms with Crippen LogP contribution in [0, 0.1) is 0 Å². The maximum atomic E-state index is 13.0. The molecular weight excluding hydrogens is 647 g/mol. The fourth-order valence-electron chi connectivity index (χ4n) is 4.80. The lowest BCUT2D eigenvalue weighted by molar-refractivity contribution is -0.152. The predicted octanol–water partition coefficient (Wildman–Crippen LogP) is 2.29. The maximum Gasteiger partial charge on any atom is 0.478 e. The Labute approximate surface area is 257 Å². The Morgan fingerprint density at radius 1 is 0.822 bits per heavy atom. The van der Waals surface area contributed by atoms with Crippen LogP contribution in [0.2, 0.25) is 0 Å². The molecule has 2 fully saturated rings. The molecule has 0 radical (unpaired) electrons. The molecule has 45 heavy (non-hydrogen) atoms. The first-order valence-corrected chi connectivity index (χ1v) is 16.6. The summed E-state index contributed by atoms with van der Waals surface area (Å²) in [6.45, 7) is 4.91. The van der Waals surface area contributed by atoms with Crippen LogP contribution in [-0.4, -0.2) is 106 Å². The fourth-order valence-corrected chi connectivity index (χ4v) is 5.91. The minimum atomic E-state index is -5.05. The third-order valence-electron chi connectivity index (χ3n) is 6.87. The summed E-state index contributed by atoms with van der Waals surface area (Å²) in [5, 5.41) is 0. The van der Waals surface area contributed by atoms with E-state index in [-0.39, 0.29) is 31.4 Å². The van der Waals surface area contributed by atoms with Crippen LogP contribution in [0.4, 0.5) is 18.9 Å². The number of ether oxygens (including phenoxy) is 1. The van der Waals surface area contributed by atoms with E-state index in [1.165, 1.54) is 17.0 Å². The van der Waals surface area contributed by atoms with Crippen LogP contribution < -0.4 is 9.64 Å². The van der Waals surface area contributed by atoms with Crippen molar-refractivity contribution in [3.05, 3.63) is 59.7 Å². The zero-order valence-electron chi connectivity index (χ0n) is 24.2. The second-order valence-corrected chi connectivity index (χ2v) is 12.8. The van der Waals surface area contributed by atoms with Crippen molar-refractivity contribution < 1.29 is 60.5 Å². The van der Waals surface area contributed by atoms with Crippen molar-refractivity contribution in [1.29, 1.82) is 0 Å². The molecule has 4 rings (SSSR count). The number of hydrogen-bond acceptors (Lipinski definition) is 9. The van der Waals surface area contributed by atoms with Gasteiger partial charge < -0.3 is 29.2 Å². The predicted molar refractivity (Wildman–Crippen MR) is 155 cm³/mol. The number of benzene rings is 2. The van der Waals surface area contributed by atoms with Crippen molar-refractivity contribution in [2.24, 2.45) is 0 Å². The molecule has 2 aromatic carbocycles. The Morgan fingerprint density at radius 2 is 1.40 bits per heavy atom. The summed E-state index contributed by atoms with van der Waals surface area (Å²) in [5.41, 5.74) is 0.803. The van der Waals surface area contributed by atoms with Crippen molar-refractivity contribution in [3.8, 4) is 5.75 Å². The molecule has 0 unspecified atom stereocenters. The zero-order chi connectivity index (χ0) is 33.4. The first-order valence-electron chi connectivity index (χ1n) is 13.6. The van der Waals surface area contributed by atoms with E-state index >= 15 is 0 Å². The van der Waals surface area contributed by atoms with E-state index in [1.54, 1.807) is 13.2 Å². The number of amides is 2. The third-order valence-corrected chi connectivity index (χ3v) is 8.57. The molecule has 2 amide bonds. The number of carbonyl (C=O) groups excluding carboxylic acids is 2. The van der Waals surface area contributed by atoms with E-state index in [9.17, 15) is 31.9 Å². The number of phosphoric acid groups is 2. The smallest absolute Gasteiger partial charge is 0.478 e. The Kier molecular flexibility index (Phi) is 12.7. The Bertz CT molecular complexity index is 1380. The molecule has 2 heterocycles. The number of anilines is 1. The van der Waals surface area contributed by atoms with Gasteiger partial charge in [-0.05, 0) is 48.9 Å². The van der Waals surface area contributed by atoms with Gasteiger partial charge in [-0.15, -0.1) is 0 Å². The highest BCUT2D eigenvalue weighted by molar-refractivity contribution is 7.60. The SMILES string of the molecule is COc1cccc(CN2C(=O)CN(CCCN3CCN(c4cccc(C(F)(F)F)c4)CC3)CC2=O)c1.O=P(O)(O)OP(=O)(O)O. The summed E-state index contributed by atoms with van der Waals surface area (Å²) in [7, 11) is -8.53. The Balaban J connectivity index is 0.000000535. The second-order valence-electron chi connectivity index (χ2n) is 10.2. The van der Waals surface area contributed by atoms with E-state index in [1.807, 2.05) is 34.1 Å². The highest BCUT2D eigenvalue weighted by Crippen LogP contribution is 2.53. The van der Waals surface area contributed by atoms with E-state index in [2.05, 4.69) is 9.21 Å². The monoisotopic (exact) mass is 682 g/mol. The van der Waals surface area contributed by atoms with Gasteiger partial charge in [-0.1, -0.05) is 18.2 Å². The Morgan fingerprint density at radius 3 is 1.93 bits per heavy atom. The molecule has 0 aromatic heterocycles. The van der Waals surface area contributed by atoms with E-state index < -0.39 is 27.4 Å². The largest absolute Gasteiger partial charge is 0.497 e. The lowest BCUT2D eigenvalue weighted by atomic mass is 10.1. The summed E-state index contributed by atoms with van der Waals surface area (Å²) in [6, 6.07) is 12.8. The average molecular weight is 683 g/mol. The van der Waals surface area contributed by atoms with E-state index in [0.29, 0.717) is 31.1 Å².